The average molecular weight is 405 g/mol. The van der Waals surface area contributed by atoms with Crippen LogP contribution in [0.1, 0.15) is 23.1 Å². The molecular formula is C24H24N2O2S. The van der Waals surface area contributed by atoms with Crippen molar-refractivity contribution in [2.75, 3.05) is 6.61 Å². The van der Waals surface area contributed by atoms with Gasteiger partial charge in [0.25, 0.3) is 5.56 Å². The third-order valence-corrected chi connectivity index (χ3v) is 5.92. The van der Waals surface area contributed by atoms with Gasteiger partial charge in [-0.3, -0.25) is 9.36 Å². The predicted octanol–water partition coefficient (Wildman–Crippen LogP) is 5.52. The summed E-state index contributed by atoms with van der Waals surface area (Å²) < 4.78 is 7.50. The molecule has 0 N–H and O–H groups in total. The molecule has 2 heterocycles. The number of benzene rings is 2. The number of aromatic nitrogens is 2. The Kier molecular flexibility index (Phi) is 5.49. The normalized spacial score (nSPS) is 11.1. The molecule has 0 amide bonds. The fourth-order valence-corrected chi connectivity index (χ4v) is 4.47. The average Bonchev–Trinajstić information content (AvgIpc) is 3.11. The van der Waals surface area contributed by atoms with Crippen LogP contribution in [-0.4, -0.2) is 16.2 Å². The molecule has 0 radical (unpaired) electrons. The fourth-order valence-electron chi connectivity index (χ4n) is 3.57. The molecule has 4 aromatic rings. The van der Waals surface area contributed by atoms with Gasteiger partial charge in [0, 0.05) is 17.5 Å². The van der Waals surface area contributed by atoms with E-state index in [-0.39, 0.29) is 5.56 Å². The van der Waals surface area contributed by atoms with E-state index >= 15 is 0 Å². The lowest BCUT2D eigenvalue weighted by Crippen LogP contribution is -2.21. The van der Waals surface area contributed by atoms with Gasteiger partial charge in [-0.25, -0.2) is 4.98 Å². The highest BCUT2D eigenvalue weighted by Gasteiger charge is 2.14. The van der Waals surface area contributed by atoms with Crippen LogP contribution in [0.2, 0.25) is 0 Å². The van der Waals surface area contributed by atoms with E-state index in [1.54, 1.807) is 10.9 Å². The summed E-state index contributed by atoms with van der Waals surface area (Å²) in [5, 5.41) is 2.76. The molecule has 0 saturated carbocycles. The van der Waals surface area contributed by atoms with Crippen molar-refractivity contribution in [2.45, 2.75) is 33.7 Å². The van der Waals surface area contributed by atoms with Crippen LogP contribution in [0.25, 0.3) is 21.3 Å². The summed E-state index contributed by atoms with van der Waals surface area (Å²) in [4.78, 5) is 18.5. The molecule has 4 rings (SSSR count). The Morgan fingerprint density at radius 1 is 1.03 bits per heavy atom. The Morgan fingerprint density at radius 3 is 2.66 bits per heavy atom. The SMILES string of the molecule is Cc1cccc(OCCCn2cnc3scc(-c4ccc(C)cc4C)c3c2=O)c1. The van der Waals surface area contributed by atoms with Crippen LogP contribution in [0.3, 0.4) is 0 Å². The zero-order chi connectivity index (χ0) is 20.4. The third-order valence-electron chi connectivity index (χ3n) is 5.03. The van der Waals surface area contributed by atoms with Gasteiger partial charge < -0.3 is 4.74 Å². The molecule has 0 aliphatic rings. The maximum Gasteiger partial charge on any atom is 0.262 e. The molecule has 0 unspecified atom stereocenters. The summed E-state index contributed by atoms with van der Waals surface area (Å²) in [6.07, 6.45) is 2.39. The second-order valence-corrected chi connectivity index (χ2v) is 8.27. The topological polar surface area (TPSA) is 44.1 Å². The molecule has 148 valence electrons. The first kappa shape index (κ1) is 19.4. The van der Waals surface area contributed by atoms with Crippen LogP contribution in [0.15, 0.2) is 59.0 Å². The Morgan fingerprint density at radius 2 is 1.86 bits per heavy atom. The van der Waals surface area contributed by atoms with E-state index < -0.39 is 0 Å². The molecule has 5 heteroatoms. The van der Waals surface area contributed by atoms with E-state index in [0.29, 0.717) is 18.5 Å². The van der Waals surface area contributed by atoms with Crippen LogP contribution in [0.5, 0.6) is 5.75 Å². The van der Waals surface area contributed by atoms with Gasteiger partial charge in [0.15, 0.2) is 0 Å². The lowest BCUT2D eigenvalue weighted by atomic mass is 9.99. The summed E-state index contributed by atoms with van der Waals surface area (Å²) >= 11 is 1.52. The van der Waals surface area contributed by atoms with E-state index in [9.17, 15) is 4.79 Å². The van der Waals surface area contributed by atoms with Crippen LogP contribution in [0.4, 0.5) is 0 Å². The Labute approximate surface area is 174 Å². The largest absolute Gasteiger partial charge is 0.494 e. The quantitative estimate of drug-likeness (QED) is 0.398. The molecule has 0 spiro atoms. The number of fused-ring (bicyclic) bond motifs is 1. The number of hydrogen-bond donors (Lipinski definition) is 0. The number of hydrogen-bond acceptors (Lipinski definition) is 4. The molecule has 0 saturated heterocycles. The molecular weight excluding hydrogens is 380 g/mol. The molecule has 0 fully saturated rings. The first-order valence-corrected chi connectivity index (χ1v) is 10.6. The molecule has 2 aromatic carbocycles. The lowest BCUT2D eigenvalue weighted by molar-refractivity contribution is 0.300. The van der Waals surface area contributed by atoms with E-state index in [4.69, 9.17) is 4.74 Å². The van der Waals surface area contributed by atoms with Gasteiger partial charge in [0.2, 0.25) is 0 Å². The van der Waals surface area contributed by atoms with E-state index in [0.717, 1.165) is 28.1 Å². The van der Waals surface area contributed by atoms with Crippen molar-refractivity contribution in [2.24, 2.45) is 0 Å². The predicted molar refractivity (Wildman–Crippen MR) is 120 cm³/mol. The maximum atomic E-state index is 13.2. The van der Waals surface area contributed by atoms with Crippen molar-refractivity contribution in [1.29, 1.82) is 0 Å². The number of ether oxygens (including phenoxy) is 1. The number of aryl methyl sites for hydroxylation is 4. The van der Waals surface area contributed by atoms with Crippen molar-refractivity contribution in [3.8, 4) is 16.9 Å². The summed E-state index contributed by atoms with van der Waals surface area (Å²) in [6, 6.07) is 14.3. The summed E-state index contributed by atoms with van der Waals surface area (Å²) in [5.41, 5.74) is 5.65. The Bertz CT molecular complexity index is 1220. The second kappa shape index (κ2) is 8.21. The standard InChI is InChI=1S/C24H24N2O2S/c1-16-6-4-7-19(13-16)28-11-5-10-26-15-25-23-22(24(26)27)21(14-29-23)20-9-8-17(2)12-18(20)3/h4,6-9,12-15H,5,10-11H2,1-3H3. The minimum Gasteiger partial charge on any atom is -0.494 e. The lowest BCUT2D eigenvalue weighted by Gasteiger charge is -2.09. The Hall–Kier alpha value is -2.92. The van der Waals surface area contributed by atoms with Gasteiger partial charge in [-0.2, -0.15) is 0 Å². The number of rotatable bonds is 6. The van der Waals surface area contributed by atoms with Gasteiger partial charge in [-0.05, 0) is 56.0 Å². The molecule has 0 aliphatic carbocycles. The highest BCUT2D eigenvalue weighted by molar-refractivity contribution is 7.17. The van der Waals surface area contributed by atoms with Gasteiger partial charge in [0.1, 0.15) is 10.6 Å². The summed E-state index contributed by atoms with van der Waals surface area (Å²) in [7, 11) is 0. The van der Waals surface area contributed by atoms with E-state index in [1.807, 2.05) is 36.6 Å². The molecule has 0 aliphatic heterocycles. The number of thiophene rings is 1. The minimum absolute atomic E-state index is 0.0155. The van der Waals surface area contributed by atoms with Crippen LogP contribution < -0.4 is 10.3 Å². The number of nitrogens with zero attached hydrogens (tertiary/aromatic N) is 2. The van der Waals surface area contributed by atoms with Gasteiger partial charge >= 0.3 is 0 Å². The third kappa shape index (κ3) is 4.10. The summed E-state index contributed by atoms with van der Waals surface area (Å²) in [5.74, 6) is 0.862. The first-order valence-electron chi connectivity index (χ1n) is 9.76. The molecule has 0 atom stereocenters. The monoisotopic (exact) mass is 404 g/mol. The smallest absolute Gasteiger partial charge is 0.262 e. The zero-order valence-corrected chi connectivity index (χ0v) is 17.8. The van der Waals surface area contributed by atoms with Gasteiger partial charge in [-0.1, -0.05) is 35.9 Å². The van der Waals surface area contributed by atoms with Crippen molar-refractivity contribution < 1.29 is 4.74 Å². The van der Waals surface area contributed by atoms with Crippen LogP contribution in [0, 0.1) is 20.8 Å². The zero-order valence-electron chi connectivity index (χ0n) is 16.9. The fraction of sp³-hybridized carbons (Fsp3) is 0.250. The van der Waals surface area contributed by atoms with Gasteiger partial charge in [0.05, 0.1) is 18.3 Å². The molecule has 0 bridgehead atoms. The first-order chi connectivity index (χ1) is 14.0. The minimum atomic E-state index is 0.0155. The second-order valence-electron chi connectivity index (χ2n) is 7.41. The summed E-state index contributed by atoms with van der Waals surface area (Å²) in [6.45, 7) is 7.35. The van der Waals surface area contributed by atoms with E-state index in [1.165, 1.54) is 28.0 Å². The highest BCUT2D eigenvalue weighted by Crippen LogP contribution is 2.33. The van der Waals surface area contributed by atoms with Crippen molar-refractivity contribution in [1.82, 2.24) is 9.55 Å². The highest BCUT2D eigenvalue weighted by atomic mass is 32.1. The maximum absolute atomic E-state index is 13.2. The van der Waals surface area contributed by atoms with Gasteiger partial charge in [-0.15, -0.1) is 11.3 Å². The van der Waals surface area contributed by atoms with Crippen molar-refractivity contribution in [3.05, 3.63) is 81.2 Å². The van der Waals surface area contributed by atoms with E-state index in [2.05, 4.69) is 37.0 Å². The Balaban J connectivity index is 1.55. The molecule has 2 aromatic heterocycles. The van der Waals surface area contributed by atoms with Crippen molar-refractivity contribution in [3.63, 3.8) is 0 Å². The van der Waals surface area contributed by atoms with Crippen LogP contribution in [-0.2, 0) is 6.54 Å². The van der Waals surface area contributed by atoms with Crippen LogP contribution >= 0.6 is 11.3 Å². The van der Waals surface area contributed by atoms with Crippen molar-refractivity contribution >= 4 is 21.6 Å². The molecule has 29 heavy (non-hydrogen) atoms. The molecule has 4 nitrogen and oxygen atoms in total.